The van der Waals surface area contributed by atoms with Crippen LogP contribution in [0.1, 0.15) is 44.6 Å². The first-order valence-corrected chi connectivity index (χ1v) is 8.34. The third-order valence-electron chi connectivity index (χ3n) is 4.99. The quantitative estimate of drug-likeness (QED) is 0.901. The van der Waals surface area contributed by atoms with Gasteiger partial charge in [-0.2, -0.15) is 0 Å². The SMILES string of the molecule is CCNCC1CCC(C)CC1c1cccc2ncccc12. The highest BCUT2D eigenvalue weighted by Crippen LogP contribution is 2.42. The molecule has 2 nitrogen and oxygen atoms in total. The number of nitrogens with one attached hydrogen (secondary N) is 1. The van der Waals surface area contributed by atoms with Crippen molar-refractivity contribution >= 4 is 10.9 Å². The van der Waals surface area contributed by atoms with E-state index in [2.05, 4.69) is 54.5 Å². The summed E-state index contributed by atoms with van der Waals surface area (Å²) in [5.74, 6) is 2.26. The van der Waals surface area contributed by atoms with Crippen LogP contribution in [-0.2, 0) is 0 Å². The van der Waals surface area contributed by atoms with Gasteiger partial charge in [-0.3, -0.25) is 4.98 Å². The zero-order valence-electron chi connectivity index (χ0n) is 13.2. The van der Waals surface area contributed by atoms with Crippen molar-refractivity contribution < 1.29 is 0 Å². The van der Waals surface area contributed by atoms with Gasteiger partial charge in [-0.15, -0.1) is 0 Å². The average Bonchev–Trinajstić information content (AvgIpc) is 2.53. The third-order valence-corrected chi connectivity index (χ3v) is 4.99. The zero-order chi connectivity index (χ0) is 14.7. The van der Waals surface area contributed by atoms with Gasteiger partial charge < -0.3 is 5.32 Å². The third kappa shape index (κ3) is 3.11. The molecule has 3 unspecified atom stereocenters. The molecule has 0 aliphatic heterocycles. The lowest BCUT2D eigenvalue weighted by atomic mass is 9.71. The van der Waals surface area contributed by atoms with Crippen molar-refractivity contribution in [3.05, 3.63) is 42.1 Å². The summed E-state index contributed by atoms with van der Waals surface area (Å²) < 4.78 is 0. The number of fused-ring (bicyclic) bond motifs is 1. The molecule has 1 heterocycles. The van der Waals surface area contributed by atoms with Gasteiger partial charge in [0.05, 0.1) is 5.52 Å². The minimum Gasteiger partial charge on any atom is -0.317 e. The van der Waals surface area contributed by atoms with Crippen molar-refractivity contribution in [3.8, 4) is 0 Å². The van der Waals surface area contributed by atoms with Crippen molar-refractivity contribution in [2.45, 2.75) is 39.0 Å². The van der Waals surface area contributed by atoms with Crippen LogP contribution in [0.5, 0.6) is 0 Å². The maximum Gasteiger partial charge on any atom is 0.0704 e. The van der Waals surface area contributed by atoms with E-state index in [0.717, 1.165) is 30.4 Å². The molecule has 0 bridgehead atoms. The van der Waals surface area contributed by atoms with Crippen LogP contribution < -0.4 is 5.32 Å². The van der Waals surface area contributed by atoms with Crippen molar-refractivity contribution in [3.63, 3.8) is 0 Å². The first kappa shape index (κ1) is 14.5. The van der Waals surface area contributed by atoms with E-state index >= 15 is 0 Å². The Hall–Kier alpha value is -1.41. The molecule has 1 saturated carbocycles. The standard InChI is InChI=1S/C19H26N2/c1-3-20-13-15-10-9-14(2)12-18(15)16-6-4-8-19-17(16)7-5-11-21-19/h4-8,11,14-15,18,20H,3,9-10,12-13H2,1-2H3. The Labute approximate surface area is 128 Å². The van der Waals surface area contributed by atoms with Crippen LogP contribution in [0, 0.1) is 11.8 Å². The molecule has 112 valence electrons. The van der Waals surface area contributed by atoms with E-state index in [1.807, 2.05) is 6.20 Å². The molecule has 0 spiro atoms. The second-order valence-electron chi connectivity index (χ2n) is 6.51. The van der Waals surface area contributed by atoms with Crippen molar-refractivity contribution in [1.82, 2.24) is 10.3 Å². The number of nitrogens with zero attached hydrogens (tertiary/aromatic N) is 1. The fourth-order valence-corrected chi connectivity index (χ4v) is 3.85. The van der Waals surface area contributed by atoms with Gasteiger partial charge in [-0.05, 0) is 61.4 Å². The van der Waals surface area contributed by atoms with Crippen LogP contribution in [0.25, 0.3) is 10.9 Å². The highest BCUT2D eigenvalue weighted by Gasteiger charge is 2.30. The number of pyridine rings is 1. The number of aromatic nitrogens is 1. The molecule has 2 heteroatoms. The summed E-state index contributed by atoms with van der Waals surface area (Å²) in [6.07, 6.45) is 5.92. The van der Waals surface area contributed by atoms with Gasteiger partial charge in [0.1, 0.15) is 0 Å². The molecule has 1 aromatic carbocycles. The molecule has 0 radical (unpaired) electrons. The Morgan fingerprint density at radius 2 is 2.10 bits per heavy atom. The Kier molecular flexibility index (Phi) is 4.54. The number of rotatable bonds is 4. The molecule has 0 amide bonds. The van der Waals surface area contributed by atoms with Crippen LogP contribution in [0.2, 0.25) is 0 Å². The zero-order valence-corrected chi connectivity index (χ0v) is 13.2. The van der Waals surface area contributed by atoms with Gasteiger partial charge in [0.2, 0.25) is 0 Å². The second-order valence-corrected chi connectivity index (χ2v) is 6.51. The first-order valence-electron chi connectivity index (χ1n) is 8.34. The van der Waals surface area contributed by atoms with E-state index in [0.29, 0.717) is 5.92 Å². The van der Waals surface area contributed by atoms with Crippen molar-refractivity contribution in [2.24, 2.45) is 11.8 Å². The molecule has 1 aliphatic rings. The summed E-state index contributed by atoms with van der Waals surface area (Å²) in [6.45, 7) is 6.81. The molecule has 21 heavy (non-hydrogen) atoms. The monoisotopic (exact) mass is 282 g/mol. The number of hydrogen-bond acceptors (Lipinski definition) is 2. The molecule has 1 fully saturated rings. The molecule has 1 aliphatic carbocycles. The van der Waals surface area contributed by atoms with Crippen LogP contribution in [0.3, 0.4) is 0 Å². The topological polar surface area (TPSA) is 24.9 Å². The Morgan fingerprint density at radius 1 is 1.19 bits per heavy atom. The van der Waals surface area contributed by atoms with Crippen molar-refractivity contribution in [1.29, 1.82) is 0 Å². The second kappa shape index (κ2) is 6.57. The maximum atomic E-state index is 4.53. The summed E-state index contributed by atoms with van der Waals surface area (Å²) in [5, 5.41) is 4.91. The predicted molar refractivity (Wildman–Crippen MR) is 89.5 cm³/mol. The van der Waals surface area contributed by atoms with Crippen LogP contribution in [0.4, 0.5) is 0 Å². The highest BCUT2D eigenvalue weighted by atomic mass is 14.8. The summed E-state index contributed by atoms with van der Waals surface area (Å²) in [4.78, 5) is 4.53. The Bertz CT molecular complexity index is 586. The molecular weight excluding hydrogens is 256 g/mol. The first-order chi connectivity index (χ1) is 10.3. The average molecular weight is 282 g/mol. The highest BCUT2D eigenvalue weighted by molar-refractivity contribution is 5.82. The fourth-order valence-electron chi connectivity index (χ4n) is 3.85. The predicted octanol–water partition coefficient (Wildman–Crippen LogP) is 4.36. The normalized spacial score (nSPS) is 26.1. The van der Waals surface area contributed by atoms with Gasteiger partial charge in [0.25, 0.3) is 0 Å². The summed E-state index contributed by atoms with van der Waals surface area (Å²) in [6, 6.07) is 10.9. The molecule has 3 rings (SSSR count). The summed E-state index contributed by atoms with van der Waals surface area (Å²) in [7, 11) is 0. The fraction of sp³-hybridized carbons (Fsp3) is 0.526. The van der Waals surface area contributed by atoms with E-state index in [9.17, 15) is 0 Å². The molecule has 2 aromatic rings. The maximum absolute atomic E-state index is 4.53. The molecule has 0 saturated heterocycles. The lowest BCUT2D eigenvalue weighted by Gasteiger charge is -2.36. The minimum absolute atomic E-state index is 0.667. The van der Waals surface area contributed by atoms with Crippen molar-refractivity contribution in [2.75, 3.05) is 13.1 Å². The molecule has 1 N–H and O–H groups in total. The van der Waals surface area contributed by atoms with E-state index in [1.54, 1.807) is 0 Å². The van der Waals surface area contributed by atoms with Crippen LogP contribution in [0.15, 0.2) is 36.5 Å². The molecule has 1 aromatic heterocycles. The van der Waals surface area contributed by atoms with Crippen LogP contribution >= 0.6 is 0 Å². The number of hydrogen-bond donors (Lipinski definition) is 1. The van der Waals surface area contributed by atoms with E-state index in [-0.39, 0.29) is 0 Å². The van der Waals surface area contributed by atoms with Gasteiger partial charge in [-0.25, -0.2) is 0 Å². The Balaban J connectivity index is 1.96. The molecule has 3 atom stereocenters. The lowest BCUT2D eigenvalue weighted by molar-refractivity contribution is 0.244. The van der Waals surface area contributed by atoms with Gasteiger partial charge in [0, 0.05) is 11.6 Å². The largest absolute Gasteiger partial charge is 0.317 e. The van der Waals surface area contributed by atoms with Crippen LogP contribution in [-0.4, -0.2) is 18.1 Å². The van der Waals surface area contributed by atoms with Gasteiger partial charge >= 0.3 is 0 Å². The minimum atomic E-state index is 0.667. The van der Waals surface area contributed by atoms with E-state index < -0.39 is 0 Å². The van der Waals surface area contributed by atoms with E-state index in [4.69, 9.17) is 0 Å². The van der Waals surface area contributed by atoms with E-state index in [1.165, 1.54) is 30.2 Å². The Morgan fingerprint density at radius 3 is 2.95 bits per heavy atom. The van der Waals surface area contributed by atoms with Gasteiger partial charge in [0.15, 0.2) is 0 Å². The van der Waals surface area contributed by atoms with Gasteiger partial charge in [-0.1, -0.05) is 38.5 Å². The lowest BCUT2D eigenvalue weighted by Crippen LogP contribution is -2.31. The summed E-state index contributed by atoms with van der Waals surface area (Å²) >= 11 is 0. The molecular formula is C19H26N2. The smallest absolute Gasteiger partial charge is 0.0704 e. The number of benzene rings is 1. The summed E-state index contributed by atoms with van der Waals surface area (Å²) in [5.41, 5.74) is 2.64.